The summed E-state index contributed by atoms with van der Waals surface area (Å²) in [4.78, 5) is 17.3. The summed E-state index contributed by atoms with van der Waals surface area (Å²) >= 11 is 0. The first-order valence-corrected chi connectivity index (χ1v) is 7.11. The first-order chi connectivity index (χ1) is 9.93. The van der Waals surface area contributed by atoms with Crippen LogP contribution in [-0.2, 0) is 11.2 Å². The van der Waals surface area contributed by atoms with Crippen LogP contribution in [0, 0.1) is 0 Å². The molecule has 1 N–H and O–H groups in total. The maximum atomic E-state index is 11.2. The van der Waals surface area contributed by atoms with Gasteiger partial charge in [-0.1, -0.05) is 12.6 Å². The number of carbonyl (C=O) groups excluding carboxylic acids is 1. The molecule has 0 amide bonds. The van der Waals surface area contributed by atoms with Crippen LogP contribution in [0.15, 0.2) is 29.8 Å². The molecule has 0 aliphatic rings. The smallest absolute Gasteiger partial charge is 0.130 e. The van der Waals surface area contributed by atoms with Gasteiger partial charge in [-0.2, -0.15) is 0 Å². The largest absolute Gasteiger partial charge is 0.384 e. The van der Waals surface area contributed by atoms with Gasteiger partial charge in [0.2, 0.25) is 0 Å². The number of carbonyl (C=O) groups is 1. The number of nitrogens with one attached hydrogen (secondary N) is 1. The Bertz CT molecular complexity index is 521. The minimum absolute atomic E-state index is 0.193. The molecule has 21 heavy (non-hydrogen) atoms. The predicted octanol–water partition coefficient (Wildman–Crippen LogP) is 2.66. The molecule has 0 aliphatic heterocycles. The average molecular weight is 287 g/mol. The molecule has 0 fully saturated rings. The van der Waals surface area contributed by atoms with Gasteiger partial charge in [0.25, 0.3) is 0 Å². The highest BCUT2D eigenvalue weighted by Gasteiger charge is 2.08. The fourth-order valence-corrected chi connectivity index (χ4v) is 2.00. The number of hydrogen-bond acceptors (Lipinski definition) is 4. The van der Waals surface area contributed by atoms with Gasteiger partial charge in [-0.05, 0) is 51.9 Å². The second-order valence-electron chi connectivity index (χ2n) is 5.41. The molecule has 0 saturated carbocycles. The van der Waals surface area contributed by atoms with E-state index in [4.69, 9.17) is 0 Å². The summed E-state index contributed by atoms with van der Waals surface area (Å²) in [7, 11) is 4.07. The third-order valence-electron chi connectivity index (χ3n) is 3.24. The second-order valence-corrected chi connectivity index (χ2v) is 5.41. The Morgan fingerprint density at radius 3 is 2.67 bits per heavy atom. The van der Waals surface area contributed by atoms with Gasteiger partial charge in [0.05, 0.1) is 5.69 Å². The second kappa shape index (κ2) is 8.37. The lowest BCUT2D eigenvalue weighted by Gasteiger charge is -2.16. The van der Waals surface area contributed by atoms with E-state index < -0.39 is 0 Å². The number of benzene rings is 1. The van der Waals surface area contributed by atoms with Crippen molar-refractivity contribution in [2.45, 2.75) is 19.8 Å². The van der Waals surface area contributed by atoms with Crippen LogP contribution >= 0.6 is 0 Å². The van der Waals surface area contributed by atoms with E-state index in [0.29, 0.717) is 6.42 Å². The summed E-state index contributed by atoms with van der Waals surface area (Å²) in [6, 6.07) is 5.88. The molecule has 0 aromatic heterocycles. The van der Waals surface area contributed by atoms with Gasteiger partial charge in [-0.15, -0.1) is 0 Å². The molecule has 1 aromatic rings. The number of hydrogen-bond donors (Lipinski definition) is 1. The maximum absolute atomic E-state index is 11.2. The average Bonchev–Trinajstić information content (AvgIpc) is 2.44. The highest BCUT2D eigenvalue weighted by atomic mass is 16.1. The molecule has 0 unspecified atom stereocenters. The fraction of sp³-hybridized carbons (Fsp3) is 0.412. The number of Topliss-reactive ketones (excluding diaryl/α,β-unsaturated/α-hetero) is 1. The first-order valence-electron chi connectivity index (χ1n) is 7.11. The lowest BCUT2D eigenvalue weighted by atomic mass is 9.99. The van der Waals surface area contributed by atoms with E-state index in [1.807, 2.05) is 32.3 Å². The zero-order valence-electron chi connectivity index (χ0n) is 13.3. The lowest BCUT2D eigenvalue weighted by molar-refractivity contribution is -0.116. The summed E-state index contributed by atoms with van der Waals surface area (Å²) in [5.74, 6) is 0.193. The van der Waals surface area contributed by atoms with Crippen molar-refractivity contribution in [1.29, 1.82) is 0 Å². The van der Waals surface area contributed by atoms with Crippen molar-refractivity contribution in [1.82, 2.24) is 10.2 Å². The molecular weight excluding hydrogens is 262 g/mol. The number of ketones is 1. The zero-order valence-corrected chi connectivity index (χ0v) is 13.3. The van der Waals surface area contributed by atoms with Gasteiger partial charge in [-0.3, -0.25) is 4.99 Å². The molecule has 1 rings (SSSR count). The van der Waals surface area contributed by atoms with Crippen LogP contribution in [0.25, 0.3) is 5.70 Å². The summed E-state index contributed by atoms with van der Waals surface area (Å²) in [5, 5.41) is 3.33. The molecule has 0 radical (unpaired) electrons. The number of aryl methyl sites for hydroxylation is 1. The number of nitrogens with zero attached hydrogens (tertiary/aromatic N) is 2. The topological polar surface area (TPSA) is 44.7 Å². The Kier molecular flexibility index (Phi) is 6.82. The number of likely N-dealkylation sites (N-methyl/N-ethyl adjacent to an activating group) is 1. The van der Waals surface area contributed by atoms with E-state index in [0.717, 1.165) is 42.0 Å². The van der Waals surface area contributed by atoms with Gasteiger partial charge in [0.15, 0.2) is 0 Å². The Hall–Kier alpha value is -1.94. The van der Waals surface area contributed by atoms with Crippen molar-refractivity contribution in [3.05, 3.63) is 35.9 Å². The van der Waals surface area contributed by atoms with Crippen LogP contribution in [0.1, 0.15) is 24.5 Å². The summed E-state index contributed by atoms with van der Waals surface area (Å²) < 4.78 is 0. The third kappa shape index (κ3) is 5.92. The molecule has 0 aliphatic carbocycles. The summed E-state index contributed by atoms with van der Waals surface area (Å²) in [6.07, 6.45) is 1.26. The van der Waals surface area contributed by atoms with Crippen molar-refractivity contribution in [2.24, 2.45) is 4.99 Å². The maximum Gasteiger partial charge on any atom is 0.130 e. The minimum atomic E-state index is 0.193. The molecular formula is C17H25N3O. The highest BCUT2D eigenvalue weighted by Crippen LogP contribution is 2.23. The van der Waals surface area contributed by atoms with Gasteiger partial charge in [0, 0.05) is 30.8 Å². The van der Waals surface area contributed by atoms with Crippen LogP contribution in [0.5, 0.6) is 0 Å². The van der Waals surface area contributed by atoms with Crippen LogP contribution in [0.2, 0.25) is 0 Å². The molecule has 4 heteroatoms. The van der Waals surface area contributed by atoms with Crippen molar-refractivity contribution >= 4 is 23.9 Å². The van der Waals surface area contributed by atoms with Gasteiger partial charge in [0.1, 0.15) is 5.78 Å². The Balaban J connectivity index is 2.86. The number of rotatable bonds is 9. The van der Waals surface area contributed by atoms with E-state index in [-0.39, 0.29) is 5.78 Å². The molecule has 114 valence electrons. The first kappa shape index (κ1) is 17.1. The van der Waals surface area contributed by atoms with E-state index in [1.54, 1.807) is 6.92 Å². The van der Waals surface area contributed by atoms with Crippen molar-refractivity contribution in [2.75, 3.05) is 27.2 Å². The van der Waals surface area contributed by atoms with E-state index >= 15 is 0 Å². The monoisotopic (exact) mass is 287 g/mol. The lowest BCUT2D eigenvalue weighted by Crippen LogP contribution is -2.25. The molecule has 0 atom stereocenters. The Morgan fingerprint density at radius 1 is 1.38 bits per heavy atom. The Labute approximate surface area is 127 Å². The molecule has 0 bridgehead atoms. The van der Waals surface area contributed by atoms with Gasteiger partial charge < -0.3 is 15.0 Å². The molecule has 0 saturated heterocycles. The quantitative estimate of drug-likeness (QED) is 0.710. The highest BCUT2D eigenvalue weighted by molar-refractivity contribution is 5.76. The fourth-order valence-electron chi connectivity index (χ4n) is 2.00. The predicted molar refractivity (Wildman–Crippen MR) is 90.2 cm³/mol. The van der Waals surface area contributed by atoms with E-state index in [2.05, 4.69) is 28.5 Å². The molecule has 4 nitrogen and oxygen atoms in total. The molecule has 1 aromatic carbocycles. The van der Waals surface area contributed by atoms with Crippen LogP contribution in [0.3, 0.4) is 0 Å². The van der Waals surface area contributed by atoms with Crippen molar-refractivity contribution < 1.29 is 4.79 Å². The Morgan fingerprint density at radius 2 is 2.10 bits per heavy atom. The standard InChI is InChI=1S/C17H25N3O/c1-13(21)6-7-15-8-9-16(18-3)12-17(15)14(2)19-10-11-20(4)5/h8-9,12,19H,2-3,6-7,10-11H2,1,4-5H3. The van der Waals surface area contributed by atoms with Crippen LogP contribution < -0.4 is 5.32 Å². The van der Waals surface area contributed by atoms with Gasteiger partial charge >= 0.3 is 0 Å². The summed E-state index contributed by atoms with van der Waals surface area (Å²) in [5.41, 5.74) is 3.80. The van der Waals surface area contributed by atoms with E-state index in [1.165, 1.54) is 0 Å². The minimum Gasteiger partial charge on any atom is -0.384 e. The van der Waals surface area contributed by atoms with E-state index in [9.17, 15) is 4.79 Å². The number of aliphatic imine (C=N–C) groups is 1. The van der Waals surface area contributed by atoms with Gasteiger partial charge in [-0.25, -0.2) is 0 Å². The normalized spacial score (nSPS) is 10.5. The van der Waals surface area contributed by atoms with Crippen LogP contribution in [-0.4, -0.2) is 44.6 Å². The zero-order chi connectivity index (χ0) is 15.8. The van der Waals surface area contributed by atoms with Crippen LogP contribution in [0.4, 0.5) is 5.69 Å². The third-order valence-corrected chi connectivity index (χ3v) is 3.24. The molecule has 0 spiro atoms. The summed E-state index contributed by atoms with van der Waals surface area (Å²) in [6.45, 7) is 11.0. The van der Waals surface area contributed by atoms with Crippen molar-refractivity contribution in [3.63, 3.8) is 0 Å². The van der Waals surface area contributed by atoms with Crippen molar-refractivity contribution in [3.8, 4) is 0 Å². The SMILES string of the molecule is C=Nc1ccc(CCC(C)=O)c(C(=C)NCCN(C)C)c1. The molecule has 0 heterocycles.